The fourth-order valence-electron chi connectivity index (χ4n) is 1.67. The van der Waals surface area contributed by atoms with E-state index in [2.05, 4.69) is 14.8 Å². The van der Waals surface area contributed by atoms with Gasteiger partial charge >= 0.3 is 12.1 Å². The van der Waals surface area contributed by atoms with Crippen molar-refractivity contribution in [3.05, 3.63) is 29.3 Å². The van der Waals surface area contributed by atoms with Gasteiger partial charge in [-0.05, 0) is 24.6 Å². The van der Waals surface area contributed by atoms with Crippen LogP contribution in [0.25, 0.3) is 0 Å². The average Bonchev–Trinajstić information content (AvgIpc) is 2.44. The second kappa shape index (κ2) is 7.79. The maximum atomic E-state index is 11.9. The van der Waals surface area contributed by atoms with Gasteiger partial charge in [0.2, 0.25) is 5.91 Å². The van der Waals surface area contributed by atoms with Gasteiger partial charge in [0.05, 0.1) is 25.7 Å². The Balaban J connectivity index is 2.56. The number of carbonyl (C=O) groups excluding carboxylic acids is 2. The van der Waals surface area contributed by atoms with Gasteiger partial charge in [0.25, 0.3) is 0 Å². The summed E-state index contributed by atoms with van der Waals surface area (Å²) in [5.41, 5.74) is 1.20. The van der Waals surface area contributed by atoms with Crippen LogP contribution >= 0.6 is 0 Å². The molecule has 1 aromatic carbocycles. The highest BCUT2D eigenvalue weighted by atomic mass is 19.4. The summed E-state index contributed by atoms with van der Waals surface area (Å²) in [6, 6.07) is 4.69. The minimum absolute atomic E-state index is 0.224. The van der Waals surface area contributed by atoms with Gasteiger partial charge in [0.15, 0.2) is 0 Å². The molecular formula is C14H16F3NO4. The van der Waals surface area contributed by atoms with Crippen molar-refractivity contribution in [3.8, 4) is 0 Å². The monoisotopic (exact) mass is 319 g/mol. The molecule has 0 fully saturated rings. The minimum atomic E-state index is -4.41. The predicted octanol–water partition coefficient (Wildman–Crippen LogP) is 2.69. The van der Waals surface area contributed by atoms with Gasteiger partial charge < -0.3 is 14.8 Å². The number of rotatable bonds is 6. The van der Waals surface area contributed by atoms with Crippen LogP contribution in [0.5, 0.6) is 0 Å². The van der Waals surface area contributed by atoms with Crippen molar-refractivity contribution in [2.24, 2.45) is 0 Å². The summed E-state index contributed by atoms with van der Waals surface area (Å²) in [4.78, 5) is 23.2. The molecule has 0 heterocycles. The van der Waals surface area contributed by atoms with Crippen LogP contribution in [-0.4, -0.2) is 38.4 Å². The zero-order valence-electron chi connectivity index (χ0n) is 12.1. The summed E-state index contributed by atoms with van der Waals surface area (Å²) >= 11 is 0. The normalized spacial score (nSPS) is 11.1. The number of esters is 1. The van der Waals surface area contributed by atoms with E-state index in [9.17, 15) is 22.8 Å². The molecule has 1 rings (SSSR count). The van der Waals surface area contributed by atoms with Crippen LogP contribution < -0.4 is 5.32 Å². The first-order valence-corrected chi connectivity index (χ1v) is 6.37. The molecule has 0 saturated heterocycles. The minimum Gasteiger partial charge on any atom is -0.465 e. The lowest BCUT2D eigenvalue weighted by Crippen LogP contribution is -2.20. The summed E-state index contributed by atoms with van der Waals surface area (Å²) in [5.74, 6) is -1.05. The molecule has 0 saturated carbocycles. The Labute approximate surface area is 125 Å². The highest BCUT2D eigenvalue weighted by Gasteiger charge is 2.27. The van der Waals surface area contributed by atoms with Gasteiger partial charge in [-0.2, -0.15) is 13.2 Å². The number of amides is 1. The van der Waals surface area contributed by atoms with Crippen molar-refractivity contribution < 1.29 is 32.2 Å². The maximum absolute atomic E-state index is 11.9. The molecule has 8 heteroatoms. The third-order valence-electron chi connectivity index (χ3n) is 2.75. The van der Waals surface area contributed by atoms with Crippen molar-refractivity contribution in [3.63, 3.8) is 0 Å². The Kier molecular flexibility index (Phi) is 6.36. The molecule has 5 nitrogen and oxygen atoms in total. The van der Waals surface area contributed by atoms with Gasteiger partial charge in [-0.1, -0.05) is 6.07 Å². The summed E-state index contributed by atoms with van der Waals surface area (Å²) in [6.07, 6.45) is -4.64. The van der Waals surface area contributed by atoms with Crippen LogP contribution in [0.1, 0.15) is 22.3 Å². The molecule has 0 spiro atoms. The van der Waals surface area contributed by atoms with Crippen LogP contribution in [-0.2, 0) is 14.3 Å². The SMILES string of the molecule is COC(=O)c1cccc(NC(=O)CCOCC(F)(F)F)c1C. The summed E-state index contributed by atoms with van der Waals surface area (Å²) < 4.78 is 44.6. The number of methoxy groups -OCH3 is 1. The van der Waals surface area contributed by atoms with E-state index in [1.165, 1.54) is 7.11 Å². The fraction of sp³-hybridized carbons (Fsp3) is 0.429. The quantitative estimate of drug-likeness (QED) is 0.647. The number of ether oxygens (including phenoxy) is 2. The molecule has 0 aromatic heterocycles. The molecule has 1 N–H and O–H groups in total. The number of alkyl halides is 3. The number of halogens is 3. The van der Waals surface area contributed by atoms with Crippen LogP contribution in [0.3, 0.4) is 0 Å². The van der Waals surface area contributed by atoms with E-state index >= 15 is 0 Å². The first-order chi connectivity index (χ1) is 10.2. The molecule has 0 aliphatic heterocycles. The van der Waals surface area contributed by atoms with E-state index in [1.54, 1.807) is 25.1 Å². The third-order valence-corrected chi connectivity index (χ3v) is 2.75. The second-order valence-corrected chi connectivity index (χ2v) is 4.44. The van der Waals surface area contributed by atoms with Gasteiger partial charge in [-0.25, -0.2) is 4.79 Å². The molecule has 0 aliphatic carbocycles. The van der Waals surface area contributed by atoms with Crippen molar-refractivity contribution in [1.82, 2.24) is 0 Å². The van der Waals surface area contributed by atoms with Crippen molar-refractivity contribution in [1.29, 1.82) is 0 Å². The summed E-state index contributed by atoms with van der Waals surface area (Å²) in [7, 11) is 1.24. The van der Waals surface area contributed by atoms with Crippen LogP contribution in [0, 0.1) is 6.92 Å². The lowest BCUT2D eigenvalue weighted by atomic mass is 10.1. The number of carbonyl (C=O) groups is 2. The molecule has 0 radical (unpaired) electrons. The number of benzene rings is 1. The second-order valence-electron chi connectivity index (χ2n) is 4.44. The Hall–Kier alpha value is -2.09. The number of hydrogen-bond donors (Lipinski definition) is 1. The Morgan fingerprint density at radius 3 is 2.55 bits per heavy atom. The molecule has 1 aromatic rings. The molecule has 0 bridgehead atoms. The molecule has 0 unspecified atom stereocenters. The van der Waals surface area contributed by atoms with Crippen molar-refractivity contribution in [2.45, 2.75) is 19.5 Å². The molecule has 122 valence electrons. The Morgan fingerprint density at radius 1 is 1.27 bits per heavy atom. The van der Waals surface area contributed by atoms with E-state index in [-0.39, 0.29) is 13.0 Å². The van der Waals surface area contributed by atoms with Crippen LogP contribution in [0.4, 0.5) is 18.9 Å². The van der Waals surface area contributed by atoms with Gasteiger partial charge in [-0.3, -0.25) is 4.79 Å². The van der Waals surface area contributed by atoms with Crippen LogP contribution in [0.2, 0.25) is 0 Å². The molecular weight excluding hydrogens is 303 g/mol. The highest BCUT2D eigenvalue weighted by Crippen LogP contribution is 2.20. The third kappa shape index (κ3) is 5.72. The number of anilines is 1. The fourth-order valence-corrected chi connectivity index (χ4v) is 1.67. The Bertz CT molecular complexity index is 543. The lowest BCUT2D eigenvalue weighted by molar-refractivity contribution is -0.174. The number of hydrogen-bond acceptors (Lipinski definition) is 4. The molecule has 1 amide bonds. The maximum Gasteiger partial charge on any atom is 0.411 e. The Morgan fingerprint density at radius 2 is 1.95 bits per heavy atom. The molecule has 0 aliphatic rings. The highest BCUT2D eigenvalue weighted by molar-refractivity contribution is 5.96. The lowest BCUT2D eigenvalue weighted by Gasteiger charge is -2.12. The standard InChI is InChI=1S/C14H16F3NO4/c1-9-10(13(20)21-2)4-3-5-11(9)18-12(19)6-7-22-8-14(15,16)17/h3-5H,6-8H2,1-2H3,(H,18,19). The van der Waals surface area contributed by atoms with E-state index in [1.807, 2.05) is 0 Å². The zero-order chi connectivity index (χ0) is 16.8. The van der Waals surface area contributed by atoms with Crippen molar-refractivity contribution in [2.75, 3.05) is 25.6 Å². The summed E-state index contributed by atoms with van der Waals surface area (Å²) in [6.45, 7) is -0.111. The van der Waals surface area contributed by atoms with Crippen LogP contribution in [0.15, 0.2) is 18.2 Å². The van der Waals surface area contributed by atoms with Gasteiger partial charge in [0.1, 0.15) is 6.61 Å². The first kappa shape index (κ1) is 18.0. The first-order valence-electron chi connectivity index (χ1n) is 6.37. The van der Waals surface area contributed by atoms with E-state index < -0.39 is 24.7 Å². The largest absolute Gasteiger partial charge is 0.465 e. The molecule has 0 atom stereocenters. The summed E-state index contributed by atoms with van der Waals surface area (Å²) in [5, 5.41) is 2.52. The predicted molar refractivity (Wildman–Crippen MR) is 72.6 cm³/mol. The van der Waals surface area contributed by atoms with Crippen molar-refractivity contribution >= 4 is 17.6 Å². The van der Waals surface area contributed by atoms with Gasteiger partial charge in [-0.15, -0.1) is 0 Å². The smallest absolute Gasteiger partial charge is 0.411 e. The van der Waals surface area contributed by atoms with E-state index in [0.29, 0.717) is 16.8 Å². The average molecular weight is 319 g/mol. The van der Waals surface area contributed by atoms with E-state index in [4.69, 9.17) is 0 Å². The zero-order valence-corrected chi connectivity index (χ0v) is 12.1. The molecule has 22 heavy (non-hydrogen) atoms. The van der Waals surface area contributed by atoms with E-state index in [0.717, 1.165) is 0 Å². The number of nitrogens with one attached hydrogen (secondary N) is 1. The van der Waals surface area contributed by atoms with Gasteiger partial charge in [0, 0.05) is 5.69 Å². The topological polar surface area (TPSA) is 64.6 Å².